The van der Waals surface area contributed by atoms with E-state index in [1.54, 1.807) is 23.2 Å². The summed E-state index contributed by atoms with van der Waals surface area (Å²) in [6, 6.07) is 9.58. The quantitative estimate of drug-likeness (QED) is 0.520. The molecule has 1 amide bonds. The van der Waals surface area contributed by atoms with E-state index in [1.807, 2.05) is 12.1 Å². The van der Waals surface area contributed by atoms with Crippen molar-refractivity contribution in [3.63, 3.8) is 0 Å². The first-order chi connectivity index (χ1) is 15.7. The predicted molar refractivity (Wildman–Crippen MR) is 117 cm³/mol. The lowest BCUT2D eigenvalue weighted by molar-refractivity contribution is -0.132. The third-order valence-electron chi connectivity index (χ3n) is 5.36. The molecule has 33 heavy (non-hydrogen) atoms. The number of hydrogen-bond acceptors (Lipinski definition) is 5. The Labute approximate surface area is 194 Å². The molecule has 0 bridgehead atoms. The largest absolute Gasteiger partial charge is 0.441 e. The molecule has 0 N–H and O–H groups in total. The lowest BCUT2D eigenvalue weighted by atomic mass is 10.2. The molecular weight excluding hydrogens is 476 g/mol. The summed E-state index contributed by atoms with van der Waals surface area (Å²) in [5.41, 5.74) is 0.822. The summed E-state index contributed by atoms with van der Waals surface area (Å²) < 4.78 is 58.8. The van der Waals surface area contributed by atoms with Gasteiger partial charge in [0.25, 0.3) is 0 Å². The smallest absolute Gasteiger partial charge is 0.243 e. The van der Waals surface area contributed by atoms with E-state index in [0.717, 1.165) is 22.0 Å². The van der Waals surface area contributed by atoms with E-state index in [0.29, 0.717) is 29.2 Å². The van der Waals surface area contributed by atoms with E-state index in [4.69, 9.17) is 16.0 Å². The van der Waals surface area contributed by atoms with Gasteiger partial charge in [0.05, 0.1) is 11.1 Å². The highest BCUT2D eigenvalue weighted by Crippen LogP contribution is 2.23. The molecule has 174 valence electrons. The van der Waals surface area contributed by atoms with Crippen molar-refractivity contribution in [1.82, 2.24) is 14.2 Å². The molecule has 11 heteroatoms. The second-order valence-electron chi connectivity index (χ2n) is 7.49. The Hall–Kier alpha value is -2.82. The molecule has 2 heterocycles. The van der Waals surface area contributed by atoms with Gasteiger partial charge in [-0.3, -0.25) is 4.79 Å². The molecule has 4 rings (SSSR count). The number of rotatable bonds is 6. The van der Waals surface area contributed by atoms with Gasteiger partial charge >= 0.3 is 0 Å². The summed E-state index contributed by atoms with van der Waals surface area (Å²) >= 11 is 5.89. The van der Waals surface area contributed by atoms with Crippen LogP contribution in [0.5, 0.6) is 0 Å². The average Bonchev–Trinajstić information content (AvgIpc) is 3.29. The number of sulfonamides is 1. The number of carbonyl (C=O) groups is 1. The van der Waals surface area contributed by atoms with Gasteiger partial charge < -0.3 is 9.32 Å². The van der Waals surface area contributed by atoms with Gasteiger partial charge in [-0.1, -0.05) is 11.6 Å². The Balaban J connectivity index is 1.31. The molecule has 1 fully saturated rings. The SMILES string of the molecule is O=C(CCc1ncc(-c2ccc(Cl)cc2)o1)N1CCN(S(=O)(=O)c2ccc(F)c(F)c2)CC1. The third-order valence-corrected chi connectivity index (χ3v) is 7.50. The summed E-state index contributed by atoms with van der Waals surface area (Å²) in [5, 5.41) is 0.613. The number of nitrogens with zero attached hydrogens (tertiary/aromatic N) is 3. The Morgan fingerprint density at radius 3 is 2.39 bits per heavy atom. The van der Waals surface area contributed by atoms with E-state index in [-0.39, 0.29) is 43.4 Å². The molecule has 3 aromatic rings. The lowest BCUT2D eigenvalue weighted by Gasteiger charge is -2.34. The van der Waals surface area contributed by atoms with Crippen LogP contribution in [-0.4, -0.2) is 54.7 Å². The minimum Gasteiger partial charge on any atom is -0.441 e. The minimum atomic E-state index is -3.98. The Morgan fingerprint density at radius 1 is 1.03 bits per heavy atom. The summed E-state index contributed by atoms with van der Waals surface area (Å²) in [6.07, 6.45) is 2.06. The van der Waals surface area contributed by atoms with Gasteiger partial charge in [-0.2, -0.15) is 4.31 Å². The van der Waals surface area contributed by atoms with Crippen LogP contribution in [0.2, 0.25) is 5.02 Å². The predicted octanol–water partition coefficient (Wildman–Crippen LogP) is 3.74. The minimum absolute atomic E-state index is 0.0623. The highest BCUT2D eigenvalue weighted by atomic mass is 35.5. The van der Waals surface area contributed by atoms with Crippen molar-refractivity contribution in [3.05, 3.63) is 71.2 Å². The standard InChI is InChI=1S/C22H20ClF2N3O4S/c23-16-3-1-15(2-4-16)20-14-26-21(32-20)7-8-22(29)27-9-11-28(12-10-27)33(30,31)17-5-6-18(24)19(25)13-17/h1-6,13-14H,7-12H2. The van der Waals surface area contributed by atoms with Crippen molar-refractivity contribution >= 4 is 27.5 Å². The first-order valence-electron chi connectivity index (χ1n) is 10.2. The fourth-order valence-corrected chi connectivity index (χ4v) is 5.07. The van der Waals surface area contributed by atoms with Crippen molar-refractivity contribution in [1.29, 1.82) is 0 Å². The van der Waals surface area contributed by atoms with Crippen LogP contribution in [0.15, 0.2) is 58.0 Å². The Bertz CT molecular complexity index is 1260. The normalized spacial score (nSPS) is 15.1. The second-order valence-corrected chi connectivity index (χ2v) is 9.86. The zero-order valence-corrected chi connectivity index (χ0v) is 19.0. The number of carbonyl (C=O) groups excluding carboxylic acids is 1. The van der Waals surface area contributed by atoms with Crippen molar-refractivity contribution in [2.24, 2.45) is 0 Å². The number of benzene rings is 2. The summed E-state index contributed by atoms with van der Waals surface area (Å²) in [5.74, 6) is -1.49. The van der Waals surface area contributed by atoms with Crippen molar-refractivity contribution in [2.75, 3.05) is 26.2 Å². The van der Waals surface area contributed by atoms with Gasteiger partial charge in [0, 0.05) is 49.6 Å². The molecule has 7 nitrogen and oxygen atoms in total. The topological polar surface area (TPSA) is 83.7 Å². The molecule has 1 aliphatic heterocycles. The maximum atomic E-state index is 13.5. The highest BCUT2D eigenvalue weighted by Gasteiger charge is 2.30. The van der Waals surface area contributed by atoms with Crippen molar-refractivity contribution in [2.45, 2.75) is 17.7 Å². The van der Waals surface area contributed by atoms with Gasteiger partial charge in [0.2, 0.25) is 15.9 Å². The number of hydrogen-bond donors (Lipinski definition) is 0. The number of oxazole rings is 1. The molecule has 0 spiro atoms. The van der Waals surface area contributed by atoms with Crippen LogP contribution in [-0.2, 0) is 21.2 Å². The van der Waals surface area contributed by atoms with Gasteiger partial charge in [-0.05, 0) is 42.5 Å². The fraction of sp³-hybridized carbons (Fsp3) is 0.273. The summed E-state index contributed by atoms with van der Waals surface area (Å²) in [7, 11) is -3.98. The molecule has 0 atom stereocenters. The third kappa shape index (κ3) is 5.23. The van der Waals surface area contributed by atoms with E-state index in [1.165, 1.54) is 0 Å². The number of aryl methyl sites for hydroxylation is 1. The Kier molecular flexibility index (Phi) is 6.78. The van der Waals surface area contributed by atoms with Crippen LogP contribution >= 0.6 is 11.6 Å². The molecule has 0 saturated carbocycles. The van der Waals surface area contributed by atoms with Crippen LogP contribution in [0, 0.1) is 11.6 Å². The van der Waals surface area contributed by atoms with Crippen molar-refractivity contribution in [3.8, 4) is 11.3 Å². The first-order valence-corrected chi connectivity index (χ1v) is 12.0. The van der Waals surface area contributed by atoms with E-state index >= 15 is 0 Å². The van der Waals surface area contributed by atoms with Gasteiger partial charge in [-0.25, -0.2) is 22.2 Å². The molecule has 1 aromatic heterocycles. The summed E-state index contributed by atoms with van der Waals surface area (Å²) in [6.45, 7) is 0.520. The molecule has 1 saturated heterocycles. The average molecular weight is 496 g/mol. The zero-order valence-electron chi connectivity index (χ0n) is 17.4. The monoisotopic (exact) mass is 495 g/mol. The molecule has 0 unspecified atom stereocenters. The van der Waals surface area contributed by atoms with E-state index in [9.17, 15) is 22.0 Å². The van der Waals surface area contributed by atoms with Crippen LogP contribution in [0.1, 0.15) is 12.3 Å². The van der Waals surface area contributed by atoms with Crippen LogP contribution in [0.25, 0.3) is 11.3 Å². The number of aromatic nitrogens is 1. The van der Waals surface area contributed by atoms with E-state index in [2.05, 4.69) is 4.98 Å². The second kappa shape index (κ2) is 9.58. The first kappa shape index (κ1) is 23.3. The van der Waals surface area contributed by atoms with Gasteiger partial charge in [-0.15, -0.1) is 0 Å². The molecular formula is C22H20ClF2N3O4S. The maximum Gasteiger partial charge on any atom is 0.243 e. The fourth-order valence-electron chi connectivity index (χ4n) is 3.51. The maximum absolute atomic E-state index is 13.5. The van der Waals surface area contributed by atoms with E-state index < -0.39 is 21.7 Å². The lowest BCUT2D eigenvalue weighted by Crippen LogP contribution is -2.50. The van der Waals surface area contributed by atoms with Crippen molar-refractivity contribution < 1.29 is 26.4 Å². The van der Waals surface area contributed by atoms with Gasteiger partial charge in [0.15, 0.2) is 23.3 Å². The number of halogens is 3. The summed E-state index contributed by atoms with van der Waals surface area (Å²) in [4.78, 5) is 18.0. The highest BCUT2D eigenvalue weighted by molar-refractivity contribution is 7.89. The van der Waals surface area contributed by atoms with Crippen LogP contribution in [0.3, 0.4) is 0 Å². The van der Waals surface area contributed by atoms with Crippen LogP contribution in [0.4, 0.5) is 8.78 Å². The Morgan fingerprint density at radius 2 is 1.73 bits per heavy atom. The number of amides is 1. The number of piperazine rings is 1. The molecule has 0 radical (unpaired) electrons. The van der Waals surface area contributed by atoms with Gasteiger partial charge in [0.1, 0.15) is 0 Å². The zero-order chi connectivity index (χ0) is 23.6. The molecule has 0 aliphatic carbocycles. The molecule has 1 aliphatic rings. The van der Waals surface area contributed by atoms with Crippen LogP contribution < -0.4 is 0 Å². The molecule has 2 aromatic carbocycles.